The van der Waals surface area contributed by atoms with E-state index in [0.29, 0.717) is 11.8 Å². The average Bonchev–Trinajstić information content (AvgIpc) is 2.54. The van der Waals surface area contributed by atoms with Crippen LogP contribution in [0.1, 0.15) is 24.5 Å². The number of nitrogens with two attached hydrogens (primary N) is 1. The van der Waals surface area contributed by atoms with Gasteiger partial charge in [-0.05, 0) is 24.3 Å². The Balaban J connectivity index is 2.08. The number of nitrogen functional groups attached to an aromatic ring is 1. The van der Waals surface area contributed by atoms with Crippen LogP contribution in [-0.4, -0.2) is 16.7 Å². The monoisotopic (exact) mass is 184 g/mol. The van der Waals surface area contributed by atoms with Gasteiger partial charge in [0.25, 0.3) is 0 Å². The summed E-state index contributed by atoms with van der Waals surface area (Å²) >= 11 is 2.01. The second-order valence-electron chi connectivity index (χ2n) is 3.04. The van der Waals surface area contributed by atoms with E-state index in [4.69, 9.17) is 10.3 Å². The molecule has 0 unspecified atom stereocenters. The summed E-state index contributed by atoms with van der Waals surface area (Å²) < 4.78 is 4.84. The standard InChI is InChI=1S/C8H12N2OS/c9-8-5-7(10-11-8)6-1-3-12-4-2-6/h5-6H,1-4,9H2. The van der Waals surface area contributed by atoms with Crippen LogP contribution in [-0.2, 0) is 0 Å². The zero-order valence-corrected chi connectivity index (χ0v) is 7.64. The largest absolute Gasteiger partial charge is 0.368 e. The third-order valence-corrected chi connectivity index (χ3v) is 3.23. The van der Waals surface area contributed by atoms with E-state index in [0.717, 1.165) is 5.69 Å². The lowest BCUT2D eigenvalue weighted by Crippen LogP contribution is -2.07. The third-order valence-electron chi connectivity index (χ3n) is 2.19. The summed E-state index contributed by atoms with van der Waals surface area (Å²) in [5.74, 6) is 3.48. The van der Waals surface area contributed by atoms with Crippen LogP contribution in [0.3, 0.4) is 0 Å². The molecule has 2 rings (SSSR count). The molecular weight excluding hydrogens is 172 g/mol. The molecule has 0 saturated carbocycles. The number of aromatic nitrogens is 1. The van der Waals surface area contributed by atoms with Crippen molar-refractivity contribution in [3.8, 4) is 0 Å². The summed E-state index contributed by atoms with van der Waals surface area (Å²) in [4.78, 5) is 0. The van der Waals surface area contributed by atoms with Crippen LogP contribution in [0.15, 0.2) is 10.6 Å². The topological polar surface area (TPSA) is 52.0 Å². The molecule has 2 N–H and O–H groups in total. The Morgan fingerprint density at radius 2 is 2.25 bits per heavy atom. The average molecular weight is 184 g/mol. The van der Waals surface area contributed by atoms with Crippen LogP contribution in [0.2, 0.25) is 0 Å². The molecule has 0 amide bonds. The van der Waals surface area contributed by atoms with Gasteiger partial charge in [-0.1, -0.05) is 5.16 Å². The van der Waals surface area contributed by atoms with E-state index in [2.05, 4.69) is 5.16 Å². The van der Waals surface area contributed by atoms with Gasteiger partial charge in [0.15, 0.2) is 0 Å². The molecule has 0 spiro atoms. The van der Waals surface area contributed by atoms with Crippen molar-refractivity contribution in [3.63, 3.8) is 0 Å². The van der Waals surface area contributed by atoms with Crippen molar-refractivity contribution in [2.75, 3.05) is 17.2 Å². The summed E-state index contributed by atoms with van der Waals surface area (Å²) in [6.07, 6.45) is 2.41. The van der Waals surface area contributed by atoms with E-state index in [-0.39, 0.29) is 0 Å². The molecule has 0 aliphatic carbocycles. The molecular formula is C8H12N2OS. The first-order chi connectivity index (χ1) is 5.86. The van der Waals surface area contributed by atoms with Gasteiger partial charge in [-0.15, -0.1) is 0 Å². The number of rotatable bonds is 1. The lowest BCUT2D eigenvalue weighted by atomic mass is 9.99. The van der Waals surface area contributed by atoms with E-state index in [1.165, 1.54) is 24.3 Å². The van der Waals surface area contributed by atoms with Gasteiger partial charge in [0.1, 0.15) is 0 Å². The molecule has 2 heterocycles. The van der Waals surface area contributed by atoms with Crippen molar-refractivity contribution >= 4 is 17.6 Å². The Morgan fingerprint density at radius 1 is 1.50 bits per heavy atom. The molecule has 66 valence electrons. The first-order valence-electron chi connectivity index (χ1n) is 4.16. The zero-order valence-electron chi connectivity index (χ0n) is 6.82. The number of thioether (sulfide) groups is 1. The molecule has 1 aliphatic heterocycles. The molecule has 1 aromatic heterocycles. The summed E-state index contributed by atoms with van der Waals surface area (Å²) in [7, 11) is 0. The van der Waals surface area contributed by atoms with Crippen LogP contribution in [0, 0.1) is 0 Å². The minimum Gasteiger partial charge on any atom is -0.368 e. The Hall–Kier alpha value is -0.640. The van der Waals surface area contributed by atoms with Gasteiger partial charge in [0, 0.05) is 12.0 Å². The molecule has 1 aliphatic rings. The summed E-state index contributed by atoms with van der Waals surface area (Å²) in [5, 5.41) is 3.93. The SMILES string of the molecule is Nc1cc(C2CCSCC2)no1. The van der Waals surface area contributed by atoms with Gasteiger partial charge in [-0.2, -0.15) is 11.8 Å². The van der Waals surface area contributed by atoms with Gasteiger partial charge in [-0.25, -0.2) is 0 Å². The van der Waals surface area contributed by atoms with Crippen molar-refractivity contribution in [2.45, 2.75) is 18.8 Å². The number of hydrogen-bond donors (Lipinski definition) is 1. The smallest absolute Gasteiger partial charge is 0.222 e. The van der Waals surface area contributed by atoms with Crippen molar-refractivity contribution in [2.24, 2.45) is 0 Å². The number of nitrogens with zero attached hydrogens (tertiary/aromatic N) is 1. The lowest BCUT2D eigenvalue weighted by molar-refractivity contribution is 0.416. The highest BCUT2D eigenvalue weighted by atomic mass is 32.2. The number of hydrogen-bond acceptors (Lipinski definition) is 4. The fourth-order valence-corrected chi connectivity index (χ4v) is 2.60. The second-order valence-corrected chi connectivity index (χ2v) is 4.27. The van der Waals surface area contributed by atoms with E-state index in [9.17, 15) is 0 Å². The predicted molar refractivity (Wildman–Crippen MR) is 50.2 cm³/mol. The number of anilines is 1. The van der Waals surface area contributed by atoms with Gasteiger partial charge < -0.3 is 10.3 Å². The molecule has 0 aromatic carbocycles. The highest BCUT2D eigenvalue weighted by molar-refractivity contribution is 7.99. The Labute approximate surface area is 75.7 Å². The Morgan fingerprint density at radius 3 is 2.83 bits per heavy atom. The highest BCUT2D eigenvalue weighted by Crippen LogP contribution is 2.31. The molecule has 0 atom stereocenters. The van der Waals surface area contributed by atoms with E-state index in [1.54, 1.807) is 0 Å². The van der Waals surface area contributed by atoms with Gasteiger partial charge >= 0.3 is 0 Å². The molecule has 3 nitrogen and oxygen atoms in total. The minimum atomic E-state index is 0.434. The lowest BCUT2D eigenvalue weighted by Gasteiger charge is -2.18. The fraction of sp³-hybridized carbons (Fsp3) is 0.625. The first-order valence-corrected chi connectivity index (χ1v) is 5.31. The first kappa shape index (κ1) is 7.98. The maximum absolute atomic E-state index is 5.45. The quantitative estimate of drug-likeness (QED) is 0.724. The van der Waals surface area contributed by atoms with Crippen molar-refractivity contribution in [1.29, 1.82) is 0 Å². The van der Waals surface area contributed by atoms with E-state index in [1.807, 2.05) is 17.8 Å². The van der Waals surface area contributed by atoms with Gasteiger partial charge in [-0.3, -0.25) is 0 Å². The molecule has 4 heteroatoms. The van der Waals surface area contributed by atoms with Crippen molar-refractivity contribution in [3.05, 3.63) is 11.8 Å². The second kappa shape index (κ2) is 3.39. The van der Waals surface area contributed by atoms with Crippen LogP contribution in [0.4, 0.5) is 5.88 Å². The zero-order chi connectivity index (χ0) is 8.39. The minimum absolute atomic E-state index is 0.434. The molecule has 1 aromatic rings. The van der Waals surface area contributed by atoms with Gasteiger partial charge in [0.05, 0.1) is 5.69 Å². The van der Waals surface area contributed by atoms with Crippen LogP contribution >= 0.6 is 11.8 Å². The fourth-order valence-electron chi connectivity index (χ4n) is 1.49. The summed E-state index contributed by atoms with van der Waals surface area (Å²) in [5.41, 5.74) is 6.49. The van der Waals surface area contributed by atoms with E-state index < -0.39 is 0 Å². The molecule has 12 heavy (non-hydrogen) atoms. The maximum Gasteiger partial charge on any atom is 0.222 e. The summed E-state index contributed by atoms with van der Waals surface area (Å²) in [6.45, 7) is 0. The normalized spacial score (nSPS) is 19.7. The molecule has 0 radical (unpaired) electrons. The van der Waals surface area contributed by atoms with E-state index >= 15 is 0 Å². The Bertz CT molecular complexity index is 255. The van der Waals surface area contributed by atoms with Crippen LogP contribution in [0.25, 0.3) is 0 Å². The molecule has 1 fully saturated rings. The molecule has 0 bridgehead atoms. The highest BCUT2D eigenvalue weighted by Gasteiger charge is 2.18. The van der Waals surface area contributed by atoms with Crippen molar-refractivity contribution < 1.29 is 4.52 Å². The van der Waals surface area contributed by atoms with Gasteiger partial charge in [0.2, 0.25) is 5.88 Å². The van der Waals surface area contributed by atoms with Crippen molar-refractivity contribution in [1.82, 2.24) is 5.16 Å². The third kappa shape index (κ3) is 1.58. The Kier molecular flexibility index (Phi) is 2.26. The maximum atomic E-state index is 5.45. The van der Waals surface area contributed by atoms with Crippen LogP contribution < -0.4 is 5.73 Å². The van der Waals surface area contributed by atoms with Crippen LogP contribution in [0.5, 0.6) is 0 Å². The predicted octanol–water partition coefficient (Wildman–Crippen LogP) is 1.87. The molecule has 1 saturated heterocycles. The summed E-state index contributed by atoms with van der Waals surface area (Å²) in [6, 6.07) is 1.85.